The number of hydrogen-bond acceptors (Lipinski definition) is 4. The molecule has 2 rings (SSSR count). The summed E-state index contributed by atoms with van der Waals surface area (Å²) in [5.41, 5.74) is 2.68. The van der Waals surface area contributed by atoms with Gasteiger partial charge >= 0.3 is 0 Å². The van der Waals surface area contributed by atoms with Crippen molar-refractivity contribution >= 4 is 0 Å². The molecule has 4 nitrogen and oxygen atoms in total. The van der Waals surface area contributed by atoms with Crippen molar-refractivity contribution in [2.75, 3.05) is 26.4 Å². The van der Waals surface area contributed by atoms with Crippen LogP contribution in [0.1, 0.15) is 44.7 Å². The standard InChI is InChI=1S/C20H33NO3/c1-20(2,3)21-12-16(9-10-22)14-24-19-6-4-5-17-11-15(13-23)7-8-18(17)19/h4-6,15-16,21-23H,7-14H2,1-3H3. The first-order valence-electron chi connectivity index (χ1n) is 9.13. The molecule has 1 aliphatic carbocycles. The highest BCUT2D eigenvalue weighted by Gasteiger charge is 2.21. The maximum absolute atomic E-state index is 9.38. The third-order valence-electron chi connectivity index (χ3n) is 4.73. The van der Waals surface area contributed by atoms with Gasteiger partial charge in [-0.3, -0.25) is 0 Å². The largest absolute Gasteiger partial charge is 0.493 e. The van der Waals surface area contributed by atoms with E-state index in [0.717, 1.165) is 38.0 Å². The second kappa shape index (κ2) is 8.84. The average Bonchev–Trinajstić information content (AvgIpc) is 2.56. The van der Waals surface area contributed by atoms with Gasteiger partial charge in [-0.05, 0) is 69.6 Å². The van der Waals surface area contributed by atoms with E-state index in [9.17, 15) is 10.2 Å². The van der Waals surface area contributed by atoms with Gasteiger partial charge in [0.2, 0.25) is 0 Å². The fraction of sp³-hybridized carbons (Fsp3) is 0.700. The molecule has 0 fully saturated rings. The van der Waals surface area contributed by atoms with Crippen molar-refractivity contribution in [3.63, 3.8) is 0 Å². The van der Waals surface area contributed by atoms with Gasteiger partial charge < -0.3 is 20.3 Å². The molecule has 1 aromatic rings. The van der Waals surface area contributed by atoms with Crippen LogP contribution in [-0.2, 0) is 12.8 Å². The fourth-order valence-corrected chi connectivity index (χ4v) is 3.22. The van der Waals surface area contributed by atoms with Gasteiger partial charge in [0.1, 0.15) is 5.75 Å². The molecule has 0 radical (unpaired) electrons. The Morgan fingerprint density at radius 1 is 1.29 bits per heavy atom. The van der Waals surface area contributed by atoms with E-state index in [0.29, 0.717) is 18.4 Å². The van der Waals surface area contributed by atoms with Gasteiger partial charge in [-0.2, -0.15) is 0 Å². The van der Waals surface area contributed by atoms with Crippen molar-refractivity contribution < 1.29 is 14.9 Å². The lowest BCUT2D eigenvalue weighted by Crippen LogP contribution is -2.40. The molecule has 136 valence electrons. The molecule has 0 heterocycles. The summed E-state index contributed by atoms with van der Waals surface area (Å²) in [4.78, 5) is 0. The second-order valence-electron chi connectivity index (χ2n) is 8.01. The number of hydrogen-bond donors (Lipinski definition) is 3. The molecule has 1 aromatic carbocycles. The van der Waals surface area contributed by atoms with Crippen LogP contribution in [0.5, 0.6) is 5.75 Å². The Morgan fingerprint density at radius 3 is 2.75 bits per heavy atom. The molecule has 0 aromatic heterocycles. The van der Waals surface area contributed by atoms with Crippen LogP contribution in [0.4, 0.5) is 0 Å². The number of benzene rings is 1. The van der Waals surface area contributed by atoms with Crippen LogP contribution in [0.3, 0.4) is 0 Å². The molecule has 0 spiro atoms. The predicted molar refractivity (Wildman–Crippen MR) is 97.5 cm³/mol. The van der Waals surface area contributed by atoms with Crippen LogP contribution in [0.25, 0.3) is 0 Å². The molecule has 2 atom stereocenters. The zero-order valence-electron chi connectivity index (χ0n) is 15.3. The Morgan fingerprint density at radius 2 is 2.08 bits per heavy atom. The Hall–Kier alpha value is -1.10. The molecule has 3 N–H and O–H groups in total. The molecule has 0 amide bonds. The van der Waals surface area contributed by atoms with E-state index in [1.807, 2.05) is 12.1 Å². The summed E-state index contributed by atoms with van der Waals surface area (Å²) in [7, 11) is 0. The Kier molecular flexibility index (Phi) is 7.08. The van der Waals surface area contributed by atoms with Gasteiger partial charge in [-0.25, -0.2) is 0 Å². The Balaban J connectivity index is 1.97. The van der Waals surface area contributed by atoms with Crippen molar-refractivity contribution in [3.8, 4) is 5.75 Å². The number of aliphatic hydroxyl groups is 2. The minimum absolute atomic E-state index is 0.0684. The van der Waals surface area contributed by atoms with Crippen molar-refractivity contribution in [2.45, 2.75) is 52.0 Å². The molecular formula is C20H33NO3. The van der Waals surface area contributed by atoms with E-state index in [1.165, 1.54) is 11.1 Å². The second-order valence-corrected chi connectivity index (χ2v) is 8.01. The highest BCUT2D eigenvalue weighted by atomic mass is 16.5. The minimum Gasteiger partial charge on any atom is -0.493 e. The van der Waals surface area contributed by atoms with Gasteiger partial charge in [0.05, 0.1) is 6.61 Å². The third kappa shape index (κ3) is 5.76. The fourth-order valence-electron chi connectivity index (χ4n) is 3.22. The summed E-state index contributed by atoms with van der Waals surface area (Å²) < 4.78 is 6.14. The number of fused-ring (bicyclic) bond motifs is 1. The van der Waals surface area contributed by atoms with Crippen LogP contribution in [-0.4, -0.2) is 42.1 Å². The van der Waals surface area contributed by atoms with Gasteiger partial charge in [0, 0.05) is 31.2 Å². The molecule has 0 aliphatic heterocycles. The lowest BCUT2D eigenvalue weighted by atomic mass is 9.84. The molecule has 0 saturated heterocycles. The smallest absolute Gasteiger partial charge is 0.122 e. The van der Waals surface area contributed by atoms with E-state index in [4.69, 9.17) is 4.74 Å². The maximum Gasteiger partial charge on any atom is 0.122 e. The van der Waals surface area contributed by atoms with Crippen LogP contribution in [0.15, 0.2) is 18.2 Å². The third-order valence-corrected chi connectivity index (χ3v) is 4.73. The maximum atomic E-state index is 9.38. The number of ether oxygens (including phenoxy) is 1. The highest BCUT2D eigenvalue weighted by molar-refractivity contribution is 5.42. The molecule has 24 heavy (non-hydrogen) atoms. The van der Waals surface area contributed by atoms with Gasteiger partial charge in [-0.1, -0.05) is 12.1 Å². The van der Waals surface area contributed by atoms with Gasteiger partial charge in [-0.15, -0.1) is 0 Å². The monoisotopic (exact) mass is 335 g/mol. The first-order valence-corrected chi connectivity index (χ1v) is 9.13. The number of aliphatic hydroxyl groups excluding tert-OH is 2. The highest BCUT2D eigenvalue weighted by Crippen LogP contribution is 2.32. The van der Waals surface area contributed by atoms with Gasteiger partial charge in [0.15, 0.2) is 0 Å². The number of nitrogens with one attached hydrogen (secondary N) is 1. The van der Waals surface area contributed by atoms with Crippen LogP contribution < -0.4 is 10.1 Å². The molecule has 4 heteroatoms. The summed E-state index contributed by atoms with van der Waals surface area (Å²) >= 11 is 0. The lowest BCUT2D eigenvalue weighted by Gasteiger charge is -2.27. The van der Waals surface area contributed by atoms with Crippen LogP contribution >= 0.6 is 0 Å². The normalized spacial score (nSPS) is 19.0. The van der Waals surface area contributed by atoms with E-state index >= 15 is 0 Å². The van der Waals surface area contributed by atoms with Crippen molar-refractivity contribution in [1.82, 2.24) is 5.32 Å². The van der Waals surface area contributed by atoms with Crippen LogP contribution in [0, 0.1) is 11.8 Å². The Labute approximate surface area is 146 Å². The SMILES string of the molecule is CC(C)(C)NCC(CCO)COc1cccc2c1CCC(CO)C2. The zero-order valence-corrected chi connectivity index (χ0v) is 15.3. The molecule has 1 aliphatic rings. The minimum atomic E-state index is 0.0684. The predicted octanol–water partition coefficient (Wildman–Crippen LogP) is 2.55. The summed E-state index contributed by atoms with van der Waals surface area (Å²) in [6.45, 7) is 8.35. The van der Waals surface area contributed by atoms with E-state index in [1.54, 1.807) is 0 Å². The molecule has 2 unspecified atom stereocenters. The van der Waals surface area contributed by atoms with E-state index in [2.05, 4.69) is 32.2 Å². The average molecular weight is 335 g/mol. The molecular weight excluding hydrogens is 302 g/mol. The van der Waals surface area contributed by atoms with E-state index < -0.39 is 0 Å². The van der Waals surface area contributed by atoms with Gasteiger partial charge in [0.25, 0.3) is 0 Å². The summed E-state index contributed by atoms with van der Waals surface area (Å²) in [5.74, 6) is 1.65. The number of rotatable bonds is 8. The summed E-state index contributed by atoms with van der Waals surface area (Å²) in [6, 6.07) is 6.24. The summed E-state index contributed by atoms with van der Waals surface area (Å²) in [5, 5.41) is 22.2. The molecule has 0 saturated carbocycles. The van der Waals surface area contributed by atoms with Crippen molar-refractivity contribution in [1.29, 1.82) is 0 Å². The van der Waals surface area contributed by atoms with Crippen LogP contribution in [0.2, 0.25) is 0 Å². The topological polar surface area (TPSA) is 61.7 Å². The first kappa shape index (κ1) is 19.2. The first-order chi connectivity index (χ1) is 11.4. The molecule has 0 bridgehead atoms. The van der Waals surface area contributed by atoms with Crippen molar-refractivity contribution in [3.05, 3.63) is 29.3 Å². The zero-order chi connectivity index (χ0) is 17.6. The van der Waals surface area contributed by atoms with Crippen molar-refractivity contribution in [2.24, 2.45) is 11.8 Å². The summed E-state index contributed by atoms with van der Waals surface area (Å²) in [6.07, 6.45) is 3.68. The Bertz CT molecular complexity index is 510. The van der Waals surface area contributed by atoms with E-state index in [-0.39, 0.29) is 18.8 Å². The lowest BCUT2D eigenvalue weighted by molar-refractivity contribution is 0.184. The quantitative estimate of drug-likeness (QED) is 0.683.